The van der Waals surface area contributed by atoms with Gasteiger partial charge in [0.25, 0.3) is 0 Å². The van der Waals surface area contributed by atoms with Gasteiger partial charge in [0, 0.05) is 13.6 Å². The Labute approximate surface area is 169 Å². The Hall–Kier alpha value is -2.55. The van der Waals surface area contributed by atoms with Crippen molar-refractivity contribution in [2.24, 2.45) is 5.92 Å². The maximum atomic E-state index is 11.8. The van der Waals surface area contributed by atoms with E-state index >= 15 is 0 Å². The Morgan fingerprint density at radius 3 is 2.54 bits per heavy atom. The zero-order valence-corrected chi connectivity index (χ0v) is 17.5. The minimum absolute atomic E-state index is 0.0724. The first-order chi connectivity index (χ1) is 13.4. The first-order valence-electron chi connectivity index (χ1n) is 9.21. The number of rotatable bonds is 9. The van der Waals surface area contributed by atoms with Crippen LogP contribution in [0.2, 0.25) is 0 Å². The molecule has 0 saturated carbocycles. The van der Waals surface area contributed by atoms with E-state index in [0.29, 0.717) is 23.4 Å². The SMILES string of the molecule is CCc1ccc(OCc2nnc(SCC(=O)NC(=O)NC)n2CC(C)C)cc1. The van der Waals surface area contributed by atoms with Crippen LogP contribution in [0.3, 0.4) is 0 Å². The molecule has 2 N–H and O–H groups in total. The molecule has 1 aromatic heterocycles. The number of benzene rings is 1. The molecule has 0 aliphatic rings. The number of ether oxygens (including phenoxy) is 1. The lowest BCUT2D eigenvalue weighted by molar-refractivity contribution is -0.117. The molecule has 2 rings (SSSR count). The van der Waals surface area contributed by atoms with Gasteiger partial charge in [0.1, 0.15) is 12.4 Å². The first-order valence-corrected chi connectivity index (χ1v) is 10.2. The highest BCUT2D eigenvalue weighted by molar-refractivity contribution is 7.99. The van der Waals surface area contributed by atoms with Crippen molar-refractivity contribution in [2.75, 3.05) is 12.8 Å². The number of hydrogen-bond donors (Lipinski definition) is 2. The van der Waals surface area contributed by atoms with Crippen LogP contribution in [0.5, 0.6) is 5.75 Å². The molecule has 2 aromatic rings. The number of amides is 3. The zero-order chi connectivity index (χ0) is 20.5. The monoisotopic (exact) mass is 405 g/mol. The molecule has 0 fully saturated rings. The summed E-state index contributed by atoms with van der Waals surface area (Å²) in [7, 11) is 1.46. The molecule has 0 bridgehead atoms. The van der Waals surface area contributed by atoms with Gasteiger partial charge in [0.15, 0.2) is 11.0 Å². The van der Waals surface area contributed by atoms with Crippen molar-refractivity contribution in [3.05, 3.63) is 35.7 Å². The Bertz CT molecular complexity index is 789. The van der Waals surface area contributed by atoms with E-state index in [1.54, 1.807) is 0 Å². The van der Waals surface area contributed by atoms with Gasteiger partial charge in [0.05, 0.1) is 5.75 Å². The lowest BCUT2D eigenvalue weighted by Gasteiger charge is -2.13. The van der Waals surface area contributed by atoms with Crippen molar-refractivity contribution in [3.63, 3.8) is 0 Å². The lowest BCUT2D eigenvalue weighted by Crippen LogP contribution is -2.38. The van der Waals surface area contributed by atoms with E-state index in [1.807, 2.05) is 28.8 Å². The summed E-state index contributed by atoms with van der Waals surface area (Å²) in [6.07, 6.45) is 0.983. The number of nitrogens with one attached hydrogen (secondary N) is 2. The molecule has 9 heteroatoms. The van der Waals surface area contributed by atoms with Crippen LogP contribution in [0.25, 0.3) is 0 Å². The van der Waals surface area contributed by atoms with E-state index in [1.165, 1.54) is 24.4 Å². The van der Waals surface area contributed by atoms with Crippen molar-refractivity contribution in [1.29, 1.82) is 0 Å². The van der Waals surface area contributed by atoms with Crippen LogP contribution in [0.15, 0.2) is 29.4 Å². The van der Waals surface area contributed by atoms with Crippen molar-refractivity contribution in [3.8, 4) is 5.75 Å². The molecule has 3 amide bonds. The molecule has 28 heavy (non-hydrogen) atoms. The second-order valence-corrected chi connectivity index (χ2v) is 7.55. The summed E-state index contributed by atoms with van der Waals surface area (Å²) < 4.78 is 7.82. The maximum absolute atomic E-state index is 11.8. The fraction of sp³-hybridized carbons (Fsp3) is 0.474. The summed E-state index contributed by atoms with van der Waals surface area (Å²) >= 11 is 1.24. The summed E-state index contributed by atoms with van der Waals surface area (Å²) in [5.74, 6) is 1.52. The molecule has 0 spiro atoms. The standard InChI is InChI=1S/C19H27N5O3S/c1-5-14-6-8-15(9-7-14)27-11-16-22-23-19(24(16)10-13(2)3)28-12-17(25)21-18(26)20-4/h6-9,13H,5,10-12H2,1-4H3,(H2,20,21,25,26). The summed E-state index contributed by atoms with van der Waals surface area (Å²) in [5.41, 5.74) is 1.25. The van der Waals surface area contributed by atoms with E-state index in [2.05, 4.69) is 41.6 Å². The second kappa shape index (κ2) is 10.7. The molecule has 0 unspecified atom stereocenters. The predicted molar refractivity (Wildman–Crippen MR) is 108 cm³/mol. The van der Waals surface area contributed by atoms with Crippen LogP contribution in [0.1, 0.15) is 32.2 Å². The third-order valence-corrected chi connectivity index (χ3v) is 4.82. The van der Waals surface area contributed by atoms with Gasteiger partial charge < -0.3 is 14.6 Å². The van der Waals surface area contributed by atoms with Gasteiger partial charge in [-0.25, -0.2) is 4.79 Å². The molecular formula is C19H27N5O3S. The Morgan fingerprint density at radius 1 is 1.21 bits per heavy atom. The summed E-state index contributed by atoms with van der Waals surface area (Å²) in [5, 5.41) is 13.6. The number of urea groups is 1. The van der Waals surface area contributed by atoms with Crippen molar-refractivity contribution < 1.29 is 14.3 Å². The van der Waals surface area contributed by atoms with Crippen LogP contribution >= 0.6 is 11.8 Å². The second-order valence-electron chi connectivity index (χ2n) is 6.61. The summed E-state index contributed by atoms with van der Waals surface area (Å²) in [6.45, 7) is 7.30. The number of carbonyl (C=O) groups excluding carboxylic acids is 2. The number of hydrogen-bond acceptors (Lipinski definition) is 6. The van der Waals surface area contributed by atoms with Gasteiger partial charge >= 0.3 is 6.03 Å². The van der Waals surface area contributed by atoms with Crippen molar-refractivity contribution >= 4 is 23.7 Å². The summed E-state index contributed by atoms with van der Waals surface area (Å²) in [4.78, 5) is 23.0. The highest BCUT2D eigenvalue weighted by atomic mass is 32.2. The quantitative estimate of drug-likeness (QED) is 0.623. The smallest absolute Gasteiger partial charge is 0.321 e. The van der Waals surface area contributed by atoms with Gasteiger partial charge in [-0.05, 0) is 30.0 Å². The van der Waals surface area contributed by atoms with Crippen LogP contribution < -0.4 is 15.4 Å². The molecule has 1 aromatic carbocycles. The minimum Gasteiger partial charge on any atom is -0.486 e. The fourth-order valence-corrected chi connectivity index (χ4v) is 3.17. The van der Waals surface area contributed by atoms with Crippen LogP contribution in [0, 0.1) is 5.92 Å². The Morgan fingerprint density at radius 2 is 1.93 bits per heavy atom. The highest BCUT2D eigenvalue weighted by Gasteiger charge is 2.16. The van der Waals surface area contributed by atoms with Crippen LogP contribution in [-0.2, 0) is 24.4 Å². The van der Waals surface area contributed by atoms with E-state index in [4.69, 9.17) is 4.74 Å². The number of thioether (sulfide) groups is 1. The summed E-state index contributed by atoms with van der Waals surface area (Å²) in [6, 6.07) is 7.44. The molecule has 0 saturated heterocycles. The number of carbonyl (C=O) groups is 2. The van der Waals surface area contributed by atoms with Gasteiger partial charge in [-0.3, -0.25) is 10.1 Å². The van der Waals surface area contributed by atoms with Crippen LogP contribution in [-0.4, -0.2) is 39.5 Å². The minimum atomic E-state index is -0.530. The highest BCUT2D eigenvalue weighted by Crippen LogP contribution is 2.20. The van der Waals surface area contributed by atoms with Gasteiger partial charge in [-0.2, -0.15) is 0 Å². The first kappa shape index (κ1) is 21.7. The van der Waals surface area contributed by atoms with Gasteiger partial charge in [-0.15, -0.1) is 10.2 Å². The van der Waals surface area contributed by atoms with Crippen molar-refractivity contribution in [1.82, 2.24) is 25.4 Å². The topological polar surface area (TPSA) is 98.1 Å². The molecular weight excluding hydrogens is 378 g/mol. The molecule has 0 aliphatic heterocycles. The molecule has 0 aliphatic carbocycles. The Balaban J connectivity index is 2.03. The molecule has 8 nitrogen and oxygen atoms in total. The average molecular weight is 406 g/mol. The zero-order valence-electron chi connectivity index (χ0n) is 16.7. The predicted octanol–water partition coefficient (Wildman–Crippen LogP) is 2.62. The van der Waals surface area contributed by atoms with E-state index < -0.39 is 11.9 Å². The Kier molecular flexibility index (Phi) is 8.31. The number of aromatic nitrogens is 3. The average Bonchev–Trinajstić information content (AvgIpc) is 3.05. The van der Waals surface area contributed by atoms with E-state index in [9.17, 15) is 9.59 Å². The molecule has 0 atom stereocenters. The number of imide groups is 1. The van der Waals surface area contributed by atoms with E-state index in [0.717, 1.165) is 12.2 Å². The third-order valence-electron chi connectivity index (χ3n) is 3.85. The number of aryl methyl sites for hydroxylation is 1. The fourth-order valence-electron chi connectivity index (χ4n) is 2.41. The normalized spacial score (nSPS) is 10.8. The van der Waals surface area contributed by atoms with Gasteiger partial charge in [-0.1, -0.05) is 44.7 Å². The molecule has 152 valence electrons. The van der Waals surface area contributed by atoms with Gasteiger partial charge in [0.2, 0.25) is 5.91 Å². The van der Waals surface area contributed by atoms with E-state index in [-0.39, 0.29) is 12.4 Å². The lowest BCUT2D eigenvalue weighted by atomic mass is 10.2. The molecule has 1 heterocycles. The molecule has 0 radical (unpaired) electrons. The maximum Gasteiger partial charge on any atom is 0.321 e. The van der Waals surface area contributed by atoms with Crippen LogP contribution in [0.4, 0.5) is 4.79 Å². The van der Waals surface area contributed by atoms with Crippen molar-refractivity contribution in [2.45, 2.75) is 45.5 Å². The number of nitrogens with zero attached hydrogens (tertiary/aromatic N) is 3. The third kappa shape index (κ3) is 6.56. The largest absolute Gasteiger partial charge is 0.486 e.